The number of nitrogens with two attached hydrogens (primary N) is 1. The molecule has 0 aliphatic rings. The van der Waals surface area contributed by atoms with Crippen LogP contribution in [0, 0.1) is 0 Å². The Morgan fingerprint density at radius 2 is 2.06 bits per heavy atom. The Kier molecular flexibility index (Phi) is 4.59. The quantitative estimate of drug-likeness (QED) is 0.865. The highest BCUT2D eigenvalue weighted by Gasteiger charge is 2.26. The lowest BCUT2D eigenvalue weighted by Crippen LogP contribution is -2.40. The van der Waals surface area contributed by atoms with E-state index < -0.39 is 5.54 Å². The first kappa shape index (κ1) is 13.3. The zero-order valence-corrected chi connectivity index (χ0v) is 10.7. The van der Waals surface area contributed by atoms with Crippen LogP contribution < -0.4 is 10.5 Å². The Morgan fingerprint density at radius 1 is 1.38 bits per heavy atom. The second kappa shape index (κ2) is 5.53. The third-order valence-corrected chi connectivity index (χ3v) is 3.07. The van der Waals surface area contributed by atoms with E-state index in [0.717, 1.165) is 12.0 Å². The minimum Gasteiger partial charge on any atom is -0.495 e. The number of hydrogen-bond acceptors (Lipinski definition) is 3. The molecule has 0 saturated heterocycles. The summed E-state index contributed by atoms with van der Waals surface area (Å²) >= 11 is 5.97. The molecule has 0 fully saturated rings. The van der Waals surface area contributed by atoms with Gasteiger partial charge in [-0.2, -0.15) is 0 Å². The summed E-state index contributed by atoms with van der Waals surface area (Å²) in [5.74, 6) is 0.638. The van der Waals surface area contributed by atoms with Crippen molar-refractivity contribution in [2.45, 2.75) is 18.9 Å². The third-order valence-electron chi connectivity index (χ3n) is 2.76. The number of hydrogen-bond donors (Lipinski definition) is 1. The molecule has 1 aromatic carbocycles. The van der Waals surface area contributed by atoms with Crippen LogP contribution in [0.4, 0.5) is 0 Å². The summed E-state index contributed by atoms with van der Waals surface area (Å²) in [5.41, 5.74) is 6.76. The smallest absolute Gasteiger partial charge is 0.137 e. The molecule has 1 rings (SSSR count). The predicted octanol–water partition coefficient (Wildman–Crippen LogP) is 2.56. The van der Waals surface area contributed by atoms with E-state index in [1.165, 1.54) is 0 Å². The van der Waals surface area contributed by atoms with Crippen molar-refractivity contribution in [2.24, 2.45) is 5.73 Å². The first-order valence-electron chi connectivity index (χ1n) is 5.19. The Labute approximate surface area is 101 Å². The van der Waals surface area contributed by atoms with Crippen molar-refractivity contribution in [3.63, 3.8) is 0 Å². The largest absolute Gasteiger partial charge is 0.495 e. The van der Waals surface area contributed by atoms with E-state index in [4.69, 9.17) is 26.8 Å². The molecule has 0 heterocycles. The second-order valence-corrected chi connectivity index (χ2v) is 4.20. The molecule has 0 amide bonds. The Morgan fingerprint density at radius 3 is 2.56 bits per heavy atom. The van der Waals surface area contributed by atoms with Gasteiger partial charge in [0.15, 0.2) is 0 Å². The fourth-order valence-corrected chi connectivity index (χ4v) is 1.81. The number of ether oxygens (including phenoxy) is 2. The monoisotopic (exact) mass is 243 g/mol. The van der Waals surface area contributed by atoms with E-state index in [9.17, 15) is 0 Å². The SMILES string of the molecule is CCC(N)(COC)c1ccc(Cl)c(OC)c1. The zero-order valence-electron chi connectivity index (χ0n) is 9.92. The summed E-state index contributed by atoms with van der Waals surface area (Å²) in [6, 6.07) is 5.57. The topological polar surface area (TPSA) is 44.5 Å². The predicted molar refractivity (Wildman–Crippen MR) is 66.0 cm³/mol. The first-order valence-corrected chi connectivity index (χ1v) is 5.57. The molecule has 0 bridgehead atoms. The number of benzene rings is 1. The maximum atomic E-state index is 6.28. The molecule has 0 radical (unpaired) electrons. The van der Waals surface area contributed by atoms with Gasteiger partial charge in [-0.25, -0.2) is 0 Å². The van der Waals surface area contributed by atoms with Gasteiger partial charge < -0.3 is 15.2 Å². The summed E-state index contributed by atoms with van der Waals surface area (Å²) in [7, 11) is 3.23. The van der Waals surface area contributed by atoms with Crippen LogP contribution in [0.15, 0.2) is 18.2 Å². The van der Waals surface area contributed by atoms with Crippen LogP contribution in [0.5, 0.6) is 5.75 Å². The van der Waals surface area contributed by atoms with Crippen molar-refractivity contribution in [2.75, 3.05) is 20.8 Å². The van der Waals surface area contributed by atoms with Crippen LogP contribution in [0.2, 0.25) is 5.02 Å². The molecule has 1 unspecified atom stereocenters. The van der Waals surface area contributed by atoms with Crippen molar-refractivity contribution in [1.82, 2.24) is 0 Å². The Hall–Kier alpha value is -0.770. The van der Waals surface area contributed by atoms with E-state index in [-0.39, 0.29) is 0 Å². The third kappa shape index (κ3) is 2.67. The highest BCUT2D eigenvalue weighted by atomic mass is 35.5. The van der Waals surface area contributed by atoms with E-state index in [1.54, 1.807) is 20.3 Å². The molecule has 4 heteroatoms. The number of rotatable bonds is 5. The van der Waals surface area contributed by atoms with Crippen LogP contribution in [0.3, 0.4) is 0 Å². The summed E-state index contributed by atoms with van der Waals surface area (Å²) in [6.07, 6.45) is 0.783. The average molecular weight is 244 g/mol. The first-order chi connectivity index (χ1) is 7.57. The maximum absolute atomic E-state index is 6.28. The van der Waals surface area contributed by atoms with E-state index in [0.29, 0.717) is 17.4 Å². The van der Waals surface area contributed by atoms with Gasteiger partial charge in [0.25, 0.3) is 0 Å². The number of methoxy groups -OCH3 is 2. The standard InChI is InChI=1S/C12H18ClNO2/c1-4-12(14,8-15-2)9-5-6-10(13)11(7-9)16-3/h5-7H,4,8,14H2,1-3H3. The van der Waals surface area contributed by atoms with Gasteiger partial charge in [0.1, 0.15) is 5.75 Å². The molecule has 3 nitrogen and oxygen atoms in total. The highest BCUT2D eigenvalue weighted by Crippen LogP contribution is 2.31. The van der Waals surface area contributed by atoms with Gasteiger partial charge in [-0.15, -0.1) is 0 Å². The van der Waals surface area contributed by atoms with Crippen molar-refractivity contribution >= 4 is 11.6 Å². The van der Waals surface area contributed by atoms with Crippen molar-refractivity contribution in [1.29, 1.82) is 0 Å². The molecule has 0 aliphatic carbocycles. The molecule has 90 valence electrons. The molecule has 0 spiro atoms. The second-order valence-electron chi connectivity index (χ2n) is 3.79. The molecule has 0 aliphatic heterocycles. The van der Waals surface area contributed by atoms with Gasteiger partial charge in [0.2, 0.25) is 0 Å². The van der Waals surface area contributed by atoms with E-state index in [1.807, 2.05) is 19.1 Å². The Balaban J connectivity index is 3.10. The van der Waals surface area contributed by atoms with Crippen LogP contribution >= 0.6 is 11.6 Å². The highest BCUT2D eigenvalue weighted by molar-refractivity contribution is 6.32. The molecule has 16 heavy (non-hydrogen) atoms. The molecule has 0 saturated carbocycles. The van der Waals surface area contributed by atoms with Gasteiger partial charge >= 0.3 is 0 Å². The van der Waals surface area contributed by atoms with Crippen molar-refractivity contribution in [3.8, 4) is 5.75 Å². The van der Waals surface area contributed by atoms with Crippen LogP contribution in [-0.4, -0.2) is 20.8 Å². The molecule has 0 aromatic heterocycles. The molecule has 1 atom stereocenters. The lowest BCUT2D eigenvalue weighted by molar-refractivity contribution is 0.129. The van der Waals surface area contributed by atoms with Crippen LogP contribution in [-0.2, 0) is 10.3 Å². The summed E-state index contributed by atoms with van der Waals surface area (Å²) in [5, 5.41) is 0.585. The summed E-state index contributed by atoms with van der Waals surface area (Å²) in [6.45, 7) is 2.49. The van der Waals surface area contributed by atoms with Crippen LogP contribution in [0.1, 0.15) is 18.9 Å². The van der Waals surface area contributed by atoms with Crippen molar-refractivity contribution < 1.29 is 9.47 Å². The lowest BCUT2D eigenvalue weighted by Gasteiger charge is -2.28. The molecular formula is C12H18ClNO2. The molecule has 2 N–H and O–H groups in total. The summed E-state index contributed by atoms with van der Waals surface area (Å²) < 4.78 is 10.3. The maximum Gasteiger partial charge on any atom is 0.137 e. The minimum absolute atomic E-state index is 0.467. The van der Waals surface area contributed by atoms with Gasteiger partial charge in [-0.3, -0.25) is 0 Å². The normalized spacial score (nSPS) is 14.6. The van der Waals surface area contributed by atoms with Crippen LogP contribution in [0.25, 0.3) is 0 Å². The minimum atomic E-state index is -0.493. The molecule has 1 aromatic rings. The molecular weight excluding hydrogens is 226 g/mol. The van der Waals surface area contributed by atoms with Gasteiger partial charge in [0.05, 0.1) is 24.3 Å². The number of halogens is 1. The fraction of sp³-hybridized carbons (Fsp3) is 0.500. The van der Waals surface area contributed by atoms with E-state index >= 15 is 0 Å². The van der Waals surface area contributed by atoms with Crippen molar-refractivity contribution in [3.05, 3.63) is 28.8 Å². The van der Waals surface area contributed by atoms with Gasteiger partial charge in [0, 0.05) is 7.11 Å². The van der Waals surface area contributed by atoms with E-state index in [2.05, 4.69) is 0 Å². The average Bonchev–Trinajstić information content (AvgIpc) is 2.29. The summed E-state index contributed by atoms with van der Waals surface area (Å²) in [4.78, 5) is 0. The lowest BCUT2D eigenvalue weighted by atomic mass is 9.89. The zero-order chi connectivity index (χ0) is 12.2. The fourth-order valence-electron chi connectivity index (χ4n) is 1.62. The van der Waals surface area contributed by atoms with Gasteiger partial charge in [-0.05, 0) is 24.1 Å². The van der Waals surface area contributed by atoms with Gasteiger partial charge in [-0.1, -0.05) is 24.6 Å². The Bertz CT molecular complexity index is 357.